The van der Waals surface area contributed by atoms with E-state index in [1.807, 2.05) is 36.4 Å². The number of rotatable bonds is 7. The normalized spacial score (nSPS) is 13.7. The van der Waals surface area contributed by atoms with E-state index in [0.717, 1.165) is 48.6 Å². The lowest BCUT2D eigenvalue weighted by molar-refractivity contribution is 0.0943. The Labute approximate surface area is 213 Å². The van der Waals surface area contributed by atoms with Gasteiger partial charge in [0.1, 0.15) is 12.1 Å². The summed E-state index contributed by atoms with van der Waals surface area (Å²) >= 11 is 0. The molecule has 3 aromatic heterocycles. The molecule has 1 amide bonds. The summed E-state index contributed by atoms with van der Waals surface area (Å²) in [5.74, 6) is 1.15. The predicted octanol–water partition coefficient (Wildman–Crippen LogP) is 3.24. The van der Waals surface area contributed by atoms with E-state index in [0.29, 0.717) is 18.8 Å². The number of hydrogen-bond acceptors (Lipinski definition) is 8. The van der Waals surface area contributed by atoms with E-state index in [1.54, 1.807) is 23.3 Å². The molecule has 6 rings (SSSR count). The Bertz CT molecular complexity index is 1490. The van der Waals surface area contributed by atoms with Crippen molar-refractivity contribution in [2.24, 2.45) is 0 Å². The van der Waals surface area contributed by atoms with Gasteiger partial charge in [-0.05, 0) is 12.1 Å². The van der Waals surface area contributed by atoms with Crippen LogP contribution in [0.1, 0.15) is 10.5 Å². The summed E-state index contributed by atoms with van der Waals surface area (Å²) in [6.45, 7) is 4.42. The van der Waals surface area contributed by atoms with E-state index in [9.17, 15) is 4.79 Å². The predicted molar refractivity (Wildman–Crippen MR) is 140 cm³/mol. The lowest BCUT2D eigenvalue weighted by Crippen LogP contribution is -2.46. The average Bonchev–Trinajstić information content (AvgIpc) is 3.62. The zero-order chi connectivity index (χ0) is 25.0. The van der Waals surface area contributed by atoms with Crippen LogP contribution in [0.25, 0.3) is 22.4 Å². The molecule has 0 saturated carbocycles. The van der Waals surface area contributed by atoms with E-state index < -0.39 is 0 Å². The molecule has 1 N–H and O–H groups in total. The Hall–Kier alpha value is -4.73. The molecule has 10 nitrogen and oxygen atoms in total. The first kappa shape index (κ1) is 22.7. The number of anilines is 2. The van der Waals surface area contributed by atoms with Gasteiger partial charge < -0.3 is 19.6 Å². The van der Waals surface area contributed by atoms with Gasteiger partial charge in [0.2, 0.25) is 0 Å². The van der Waals surface area contributed by atoms with Gasteiger partial charge in [-0.2, -0.15) is 5.10 Å². The summed E-state index contributed by atoms with van der Waals surface area (Å²) in [5, 5.41) is 12.2. The molecule has 5 aromatic rings. The number of para-hydroxylation sites is 1. The Morgan fingerprint density at radius 1 is 0.919 bits per heavy atom. The molecule has 0 bridgehead atoms. The monoisotopic (exact) mass is 494 g/mol. The molecule has 1 aliphatic rings. The largest absolute Gasteiger partial charge is 0.368 e. The molecule has 2 aromatic carbocycles. The van der Waals surface area contributed by atoms with Crippen LogP contribution in [0.2, 0.25) is 0 Å². The van der Waals surface area contributed by atoms with Crippen molar-refractivity contribution in [3.8, 4) is 11.3 Å². The first-order valence-electron chi connectivity index (χ1n) is 12.3. The number of nitrogens with one attached hydrogen (secondary N) is 1. The van der Waals surface area contributed by atoms with Crippen molar-refractivity contribution in [3.05, 3.63) is 84.9 Å². The Morgan fingerprint density at radius 3 is 2.43 bits per heavy atom. The quantitative estimate of drug-likeness (QED) is 0.368. The molecule has 10 heteroatoms. The molecular weight excluding hydrogens is 468 g/mol. The van der Waals surface area contributed by atoms with Crippen LogP contribution >= 0.6 is 0 Å². The van der Waals surface area contributed by atoms with E-state index in [1.165, 1.54) is 5.69 Å². The molecule has 0 unspecified atom stereocenters. The van der Waals surface area contributed by atoms with Crippen molar-refractivity contribution in [1.82, 2.24) is 30.2 Å². The van der Waals surface area contributed by atoms with Gasteiger partial charge in [0, 0.05) is 50.0 Å². The number of fused-ring (bicyclic) bond motifs is 1. The minimum absolute atomic E-state index is 0.239. The van der Waals surface area contributed by atoms with Gasteiger partial charge in [0.05, 0.1) is 18.1 Å². The van der Waals surface area contributed by atoms with Crippen molar-refractivity contribution < 1.29 is 9.32 Å². The Balaban J connectivity index is 1.08. The highest BCUT2D eigenvalue weighted by Gasteiger charge is 2.21. The summed E-state index contributed by atoms with van der Waals surface area (Å²) in [4.78, 5) is 26.3. The average molecular weight is 495 g/mol. The molecule has 186 valence electrons. The summed E-state index contributed by atoms with van der Waals surface area (Å²) in [6.07, 6.45) is 3.39. The van der Waals surface area contributed by atoms with Crippen molar-refractivity contribution in [2.75, 3.05) is 42.5 Å². The van der Waals surface area contributed by atoms with Crippen LogP contribution in [-0.2, 0) is 6.54 Å². The summed E-state index contributed by atoms with van der Waals surface area (Å²) in [6, 6.07) is 21.7. The number of piperazine rings is 1. The maximum absolute atomic E-state index is 12.6. The van der Waals surface area contributed by atoms with Crippen LogP contribution in [0.5, 0.6) is 0 Å². The minimum Gasteiger partial charge on any atom is -0.368 e. The van der Waals surface area contributed by atoms with Crippen LogP contribution in [0.4, 0.5) is 11.5 Å². The van der Waals surface area contributed by atoms with Crippen LogP contribution in [0, 0.1) is 0 Å². The number of amides is 1. The fourth-order valence-corrected chi connectivity index (χ4v) is 4.60. The van der Waals surface area contributed by atoms with Crippen LogP contribution in [0.3, 0.4) is 0 Å². The summed E-state index contributed by atoms with van der Waals surface area (Å²) in [5.41, 5.74) is 3.10. The van der Waals surface area contributed by atoms with Gasteiger partial charge in [-0.1, -0.05) is 53.7 Å². The van der Waals surface area contributed by atoms with Crippen molar-refractivity contribution in [2.45, 2.75) is 6.54 Å². The van der Waals surface area contributed by atoms with Gasteiger partial charge in [0.25, 0.3) is 5.91 Å². The van der Waals surface area contributed by atoms with Crippen LogP contribution in [-0.4, -0.2) is 63.5 Å². The fraction of sp³-hybridized carbons (Fsp3) is 0.222. The molecule has 1 aliphatic heterocycles. The lowest BCUT2D eigenvalue weighted by Gasteiger charge is -2.36. The summed E-state index contributed by atoms with van der Waals surface area (Å²) < 4.78 is 7.12. The molecule has 0 atom stereocenters. The number of carbonyl (C=O) groups excluding carboxylic acids is 1. The van der Waals surface area contributed by atoms with Crippen molar-refractivity contribution in [3.63, 3.8) is 0 Å². The van der Waals surface area contributed by atoms with Gasteiger partial charge in [-0.3, -0.25) is 4.79 Å². The lowest BCUT2D eigenvalue weighted by atomic mass is 10.1. The second-order valence-corrected chi connectivity index (χ2v) is 8.81. The van der Waals surface area contributed by atoms with Gasteiger partial charge in [-0.15, -0.1) is 0 Å². The second-order valence-electron chi connectivity index (χ2n) is 8.81. The minimum atomic E-state index is -0.297. The van der Waals surface area contributed by atoms with Crippen molar-refractivity contribution >= 4 is 28.4 Å². The maximum Gasteiger partial charge on any atom is 0.273 e. The van der Waals surface area contributed by atoms with Gasteiger partial charge >= 0.3 is 0 Å². The first-order chi connectivity index (χ1) is 18.3. The zero-order valence-corrected chi connectivity index (χ0v) is 20.2. The molecule has 1 saturated heterocycles. The van der Waals surface area contributed by atoms with E-state index in [2.05, 4.69) is 59.6 Å². The maximum atomic E-state index is 12.6. The molecule has 37 heavy (non-hydrogen) atoms. The standard InChI is InChI=1S/C27H26N8O2/c36-27(23-17-24(37-32-23)20-7-3-1-4-8-20)28-11-12-35-26-22(18-31-35)25(29-19-30-26)34-15-13-33(14-16-34)21-9-5-2-6-10-21/h1-10,17-19H,11-16H2,(H,28,36). The van der Waals surface area contributed by atoms with Crippen molar-refractivity contribution in [1.29, 1.82) is 0 Å². The fourth-order valence-electron chi connectivity index (χ4n) is 4.60. The molecule has 0 aliphatic carbocycles. The van der Waals surface area contributed by atoms with E-state index in [4.69, 9.17) is 4.52 Å². The Kier molecular flexibility index (Phi) is 6.20. The number of nitrogens with zero attached hydrogens (tertiary/aromatic N) is 7. The Morgan fingerprint density at radius 2 is 1.65 bits per heavy atom. The number of benzene rings is 2. The molecule has 1 fully saturated rings. The van der Waals surface area contributed by atoms with Crippen LogP contribution in [0.15, 0.2) is 83.8 Å². The third-order valence-electron chi connectivity index (χ3n) is 6.52. The van der Waals surface area contributed by atoms with Gasteiger partial charge in [-0.25, -0.2) is 14.6 Å². The van der Waals surface area contributed by atoms with Crippen LogP contribution < -0.4 is 15.1 Å². The third-order valence-corrected chi connectivity index (χ3v) is 6.52. The SMILES string of the molecule is O=C(NCCn1ncc2c(N3CCN(c4ccccc4)CC3)ncnc21)c1cc(-c2ccccc2)on1. The summed E-state index contributed by atoms with van der Waals surface area (Å²) in [7, 11) is 0. The number of hydrogen-bond donors (Lipinski definition) is 1. The highest BCUT2D eigenvalue weighted by atomic mass is 16.5. The van der Waals surface area contributed by atoms with E-state index in [-0.39, 0.29) is 11.6 Å². The number of carbonyl (C=O) groups is 1. The molecule has 4 heterocycles. The third kappa shape index (κ3) is 4.73. The first-order valence-corrected chi connectivity index (χ1v) is 12.3. The molecule has 0 spiro atoms. The highest BCUT2D eigenvalue weighted by molar-refractivity contribution is 5.93. The molecule has 0 radical (unpaired) electrons. The number of aromatic nitrogens is 5. The smallest absolute Gasteiger partial charge is 0.273 e. The van der Waals surface area contributed by atoms with Gasteiger partial charge in [0.15, 0.2) is 17.1 Å². The second kappa shape index (κ2) is 10.1. The molecular formula is C27H26N8O2. The highest BCUT2D eigenvalue weighted by Crippen LogP contribution is 2.25. The topological polar surface area (TPSA) is 105 Å². The zero-order valence-electron chi connectivity index (χ0n) is 20.2. The van der Waals surface area contributed by atoms with E-state index >= 15 is 0 Å².